The fourth-order valence-electron chi connectivity index (χ4n) is 3.37. The van der Waals surface area contributed by atoms with E-state index in [-0.39, 0.29) is 17.7 Å². The van der Waals surface area contributed by atoms with Crippen molar-refractivity contribution in [1.29, 1.82) is 5.26 Å². The number of thiophene rings is 1. The van der Waals surface area contributed by atoms with Gasteiger partial charge < -0.3 is 14.8 Å². The molecule has 0 aliphatic rings. The molecular weight excluding hydrogens is 460 g/mol. The maximum Gasteiger partial charge on any atom is 0.341 e. The summed E-state index contributed by atoms with van der Waals surface area (Å²) in [5.74, 6) is -0.383. The molecule has 180 valence electrons. The van der Waals surface area contributed by atoms with Crippen LogP contribution in [0.25, 0.3) is 17.2 Å². The molecule has 3 rings (SSSR count). The van der Waals surface area contributed by atoms with Gasteiger partial charge in [-0.3, -0.25) is 4.79 Å². The van der Waals surface area contributed by atoms with Crippen molar-refractivity contribution in [3.63, 3.8) is 0 Å². The van der Waals surface area contributed by atoms with Crippen LogP contribution in [-0.2, 0) is 9.53 Å². The van der Waals surface area contributed by atoms with Gasteiger partial charge >= 0.3 is 5.97 Å². The standard InChI is InChI=1S/C28H28N2O4S/c1-3-5-9-16-34-23-14-12-20(13-15-23)17-22(18-29)26(31)30-27-25(28(32)33-4-2)24(19-35-27)21-10-7-6-8-11-21/h6-8,10-15,17,19H,3-5,9,16H2,1-2H3,(H,30,31)/b22-17+. The van der Waals surface area contributed by atoms with Crippen LogP contribution >= 0.6 is 11.3 Å². The van der Waals surface area contributed by atoms with Crippen LogP contribution in [0.4, 0.5) is 5.00 Å². The van der Waals surface area contributed by atoms with E-state index >= 15 is 0 Å². The second-order valence-corrected chi connectivity index (χ2v) is 8.57. The van der Waals surface area contributed by atoms with Gasteiger partial charge in [-0.15, -0.1) is 11.3 Å². The minimum atomic E-state index is -0.598. The summed E-state index contributed by atoms with van der Waals surface area (Å²) in [5, 5.41) is 14.5. The molecule has 1 amide bonds. The Bertz CT molecular complexity index is 1210. The third kappa shape index (κ3) is 7.05. The van der Waals surface area contributed by atoms with Crippen LogP contribution in [0.15, 0.2) is 65.6 Å². The van der Waals surface area contributed by atoms with Crippen LogP contribution in [0.1, 0.15) is 49.0 Å². The number of amides is 1. The Labute approximate surface area is 209 Å². The largest absolute Gasteiger partial charge is 0.494 e. The summed E-state index contributed by atoms with van der Waals surface area (Å²) in [7, 11) is 0. The monoisotopic (exact) mass is 488 g/mol. The van der Waals surface area contributed by atoms with E-state index in [1.165, 1.54) is 17.4 Å². The molecule has 6 nitrogen and oxygen atoms in total. The van der Waals surface area contributed by atoms with Crippen molar-refractivity contribution in [3.05, 3.63) is 76.7 Å². The Morgan fingerprint density at radius 2 is 1.80 bits per heavy atom. The minimum absolute atomic E-state index is 0.0777. The summed E-state index contributed by atoms with van der Waals surface area (Å²) >= 11 is 1.21. The number of carbonyl (C=O) groups excluding carboxylic acids is 2. The average Bonchev–Trinajstić information content (AvgIpc) is 3.30. The highest BCUT2D eigenvalue weighted by molar-refractivity contribution is 7.15. The molecule has 0 unspecified atom stereocenters. The molecule has 35 heavy (non-hydrogen) atoms. The van der Waals surface area contributed by atoms with E-state index in [9.17, 15) is 14.9 Å². The van der Waals surface area contributed by atoms with E-state index < -0.39 is 11.9 Å². The van der Waals surface area contributed by atoms with E-state index in [1.54, 1.807) is 24.4 Å². The van der Waals surface area contributed by atoms with Crippen molar-refractivity contribution in [2.24, 2.45) is 0 Å². The zero-order valence-electron chi connectivity index (χ0n) is 19.9. The Morgan fingerprint density at radius 1 is 1.06 bits per heavy atom. The van der Waals surface area contributed by atoms with Crippen molar-refractivity contribution < 1.29 is 19.1 Å². The molecule has 0 spiro atoms. The van der Waals surface area contributed by atoms with E-state index in [1.807, 2.05) is 48.5 Å². The molecule has 0 saturated carbocycles. The van der Waals surface area contributed by atoms with Gasteiger partial charge in [-0.2, -0.15) is 5.26 Å². The van der Waals surface area contributed by atoms with Crippen molar-refractivity contribution >= 4 is 34.3 Å². The number of nitrogens with zero attached hydrogens (tertiary/aromatic N) is 1. The molecule has 1 aromatic heterocycles. The van der Waals surface area contributed by atoms with Crippen LogP contribution in [-0.4, -0.2) is 25.1 Å². The Morgan fingerprint density at radius 3 is 2.46 bits per heavy atom. The lowest BCUT2D eigenvalue weighted by Gasteiger charge is -2.09. The first-order valence-electron chi connectivity index (χ1n) is 11.6. The van der Waals surface area contributed by atoms with Crippen LogP contribution in [0.5, 0.6) is 5.75 Å². The fourth-order valence-corrected chi connectivity index (χ4v) is 4.33. The van der Waals surface area contributed by atoms with Gasteiger partial charge in [0.2, 0.25) is 0 Å². The minimum Gasteiger partial charge on any atom is -0.494 e. The molecule has 0 radical (unpaired) electrons. The molecule has 0 atom stereocenters. The van der Waals surface area contributed by atoms with Gasteiger partial charge in [0.15, 0.2) is 0 Å². The Hall–Kier alpha value is -3.89. The first-order valence-corrected chi connectivity index (χ1v) is 12.4. The summed E-state index contributed by atoms with van der Waals surface area (Å²) in [4.78, 5) is 25.6. The van der Waals surface area contributed by atoms with Gasteiger partial charge in [-0.1, -0.05) is 62.2 Å². The molecule has 0 saturated heterocycles. The van der Waals surface area contributed by atoms with Gasteiger partial charge in [0.25, 0.3) is 5.91 Å². The highest BCUT2D eigenvalue weighted by atomic mass is 32.1. The number of benzene rings is 2. The van der Waals surface area contributed by atoms with E-state index in [4.69, 9.17) is 9.47 Å². The number of hydrogen-bond donors (Lipinski definition) is 1. The number of hydrogen-bond acceptors (Lipinski definition) is 6. The van der Waals surface area contributed by atoms with Gasteiger partial charge in [0, 0.05) is 10.9 Å². The summed E-state index contributed by atoms with van der Waals surface area (Å²) in [6, 6.07) is 18.6. The number of nitriles is 1. The normalized spacial score (nSPS) is 10.9. The van der Waals surface area contributed by atoms with Gasteiger partial charge in [0.1, 0.15) is 28.0 Å². The van der Waals surface area contributed by atoms with E-state index in [0.717, 1.165) is 30.6 Å². The number of unbranched alkanes of at least 4 members (excludes halogenated alkanes) is 2. The van der Waals surface area contributed by atoms with E-state index in [0.29, 0.717) is 22.7 Å². The molecule has 7 heteroatoms. The number of rotatable bonds is 11. The summed E-state index contributed by atoms with van der Waals surface area (Å²) in [5.41, 5.74) is 2.39. The van der Waals surface area contributed by atoms with Crippen molar-refractivity contribution in [1.82, 2.24) is 0 Å². The number of esters is 1. The third-order valence-corrected chi connectivity index (χ3v) is 6.05. The molecule has 1 heterocycles. The SMILES string of the molecule is CCCCCOc1ccc(/C=C(\C#N)C(=O)Nc2scc(-c3ccccc3)c2C(=O)OCC)cc1. The Balaban J connectivity index is 1.79. The summed E-state index contributed by atoms with van der Waals surface area (Å²) in [6.45, 7) is 4.73. The van der Waals surface area contributed by atoms with Gasteiger partial charge in [-0.25, -0.2) is 4.79 Å². The van der Waals surface area contributed by atoms with Crippen LogP contribution in [0, 0.1) is 11.3 Å². The van der Waals surface area contributed by atoms with Crippen molar-refractivity contribution in [2.75, 3.05) is 18.5 Å². The maximum absolute atomic E-state index is 12.9. The number of anilines is 1. The second kappa shape index (κ2) is 13.1. The predicted molar refractivity (Wildman–Crippen MR) is 139 cm³/mol. The lowest BCUT2D eigenvalue weighted by atomic mass is 10.0. The zero-order chi connectivity index (χ0) is 25.0. The molecule has 0 bridgehead atoms. The fraction of sp³-hybridized carbons (Fsp3) is 0.250. The van der Waals surface area contributed by atoms with E-state index in [2.05, 4.69) is 12.2 Å². The zero-order valence-corrected chi connectivity index (χ0v) is 20.7. The van der Waals surface area contributed by atoms with Crippen LogP contribution in [0.3, 0.4) is 0 Å². The summed E-state index contributed by atoms with van der Waals surface area (Å²) in [6.07, 6.45) is 4.76. The topological polar surface area (TPSA) is 88.4 Å². The average molecular weight is 489 g/mol. The molecule has 1 N–H and O–H groups in total. The Kier molecular flexibility index (Phi) is 9.64. The molecule has 0 fully saturated rings. The predicted octanol–water partition coefficient (Wildman–Crippen LogP) is 6.71. The maximum atomic E-state index is 12.9. The molecule has 3 aromatic rings. The van der Waals surface area contributed by atoms with Gasteiger partial charge in [0.05, 0.1) is 13.2 Å². The second-order valence-electron chi connectivity index (χ2n) is 7.69. The quantitative estimate of drug-likeness (QED) is 0.140. The highest BCUT2D eigenvalue weighted by Crippen LogP contribution is 2.36. The molecule has 2 aromatic carbocycles. The number of nitrogens with one attached hydrogen (secondary N) is 1. The van der Waals surface area contributed by atoms with Crippen LogP contribution < -0.4 is 10.1 Å². The molecule has 0 aliphatic heterocycles. The third-order valence-electron chi connectivity index (χ3n) is 5.16. The lowest BCUT2D eigenvalue weighted by Crippen LogP contribution is -2.16. The smallest absolute Gasteiger partial charge is 0.341 e. The summed E-state index contributed by atoms with van der Waals surface area (Å²) < 4.78 is 10.9. The first kappa shape index (κ1) is 25.7. The van der Waals surface area contributed by atoms with Crippen molar-refractivity contribution in [2.45, 2.75) is 33.1 Å². The lowest BCUT2D eigenvalue weighted by molar-refractivity contribution is -0.112. The van der Waals surface area contributed by atoms with Crippen molar-refractivity contribution in [3.8, 4) is 22.9 Å². The first-order chi connectivity index (χ1) is 17.1. The van der Waals surface area contributed by atoms with Crippen LogP contribution in [0.2, 0.25) is 0 Å². The molecule has 0 aliphatic carbocycles. The van der Waals surface area contributed by atoms with Gasteiger partial charge in [-0.05, 0) is 42.7 Å². The number of ether oxygens (including phenoxy) is 2. The molecular formula is C28H28N2O4S. The number of carbonyl (C=O) groups is 2. The highest BCUT2D eigenvalue weighted by Gasteiger charge is 2.23.